The molecule has 0 bridgehead atoms. The van der Waals surface area contributed by atoms with Crippen molar-refractivity contribution in [2.45, 2.75) is 38.5 Å². The van der Waals surface area contributed by atoms with E-state index in [4.69, 9.17) is 5.10 Å². The molecule has 0 spiro atoms. The van der Waals surface area contributed by atoms with E-state index in [1.807, 2.05) is 0 Å². The Balaban J connectivity index is 1.71. The van der Waals surface area contributed by atoms with Crippen molar-refractivity contribution in [1.82, 2.24) is 19.8 Å². The van der Waals surface area contributed by atoms with Gasteiger partial charge in [0.25, 0.3) is 11.8 Å². The number of rotatable bonds is 9. The molecule has 14 heteroatoms. The van der Waals surface area contributed by atoms with Crippen molar-refractivity contribution in [2.75, 3.05) is 11.4 Å². The molecule has 0 radical (unpaired) electrons. The lowest BCUT2D eigenvalue weighted by molar-refractivity contribution is -0.137. The van der Waals surface area contributed by atoms with E-state index in [1.54, 1.807) is 37.3 Å². The molecular weight excluding hydrogens is 626 g/mol. The molecule has 1 aliphatic rings. The van der Waals surface area contributed by atoms with Gasteiger partial charge in [-0.15, -0.1) is 0 Å². The summed E-state index contributed by atoms with van der Waals surface area (Å²) in [5.41, 5.74) is 0.0987. The summed E-state index contributed by atoms with van der Waals surface area (Å²) in [6.07, 6.45) is -4.71. The van der Waals surface area contributed by atoms with Crippen LogP contribution in [0, 0.1) is 5.82 Å². The Bertz CT molecular complexity index is 1910. The number of nitrogens with one attached hydrogen (secondary N) is 2. The van der Waals surface area contributed by atoms with Crippen LogP contribution in [0.3, 0.4) is 0 Å². The molecule has 1 aromatic heterocycles. The van der Waals surface area contributed by atoms with E-state index in [1.165, 1.54) is 46.8 Å². The van der Waals surface area contributed by atoms with Crippen LogP contribution in [0.15, 0.2) is 90.3 Å². The highest BCUT2D eigenvalue weighted by Gasteiger charge is 2.46. The summed E-state index contributed by atoms with van der Waals surface area (Å²) >= 11 is 0. The SMILES string of the molecule is C=C(C)S(=O)(=O)NCc1nn(-c2ccccc2)c2c1[C@H](c1ccc(F)cc1)[C@H](NC(=O)c1cccc(C(F)(F)F)c1)C(=O)N2CC. The van der Waals surface area contributed by atoms with Gasteiger partial charge in [0.2, 0.25) is 10.0 Å². The molecule has 2 heterocycles. The van der Waals surface area contributed by atoms with E-state index < -0.39 is 51.4 Å². The molecule has 2 atom stereocenters. The average Bonchev–Trinajstić information content (AvgIpc) is 3.40. The summed E-state index contributed by atoms with van der Waals surface area (Å²) in [5.74, 6) is -2.88. The third-order valence-electron chi connectivity index (χ3n) is 7.58. The number of carbonyl (C=O) groups is 2. The van der Waals surface area contributed by atoms with Gasteiger partial charge in [-0.25, -0.2) is 22.2 Å². The molecule has 5 rings (SSSR count). The van der Waals surface area contributed by atoms with Crippen molar-refractivity contribution in [3.05, 3.63) is 124 Å². The summed E-state index contributed by atoms with van der Waals surface area (Å²) in [5, 5.41) is 7.33. The highest BCUT2D eigenvalue weighted by molar-refractivity contribution is 7.93. The Kier molecular flexibility index (Phi) is 8.87. The topological polar surface area (TPSA) is 113 Å². The number of halogens is 4. The second kappa shape index (κ2) is 12.5. The normalized spacial score (nSPS) is 16.7. The van der Waals surface area contributed by atoms with Gasteiger partial charge < -0.3 is 5.32 Å². The van der Waals surface area contributed by atoms with Crippen molar-refractivity contribution in [3.63, 3.8) is 0 Å². The van der Waals surface area contributed by atoms with Gasteiger partial charge >= 0.3 is 6.18 Å². The van der Waals surface area contributed by atoms with Crippen molar-refractivity contribution in [1.29, 1.82) is 0 Å². The molecule has 9 nitrogen and oxygen atoms in total. The summed E-state index contributed by atoms with van der Waals surface area (Å²) in [7, 11) is -3.97. The lowest BCUT2D eigenvalue weighted by Crippen LogP contribution is -2.55. The first-order valence-corrected chi connectivity index (χ1v) is 15.6. The number of aromatic nitrogens is 2. The van der Waals surface area contributed by atoms with E-state index in [0.717, 1.165) is 12.1 Å². The smallest absolute Gasteiger partial charge is 0.339 e. The summed E-state index contributed by atoms with van der Waals surface area (Å²) < 4.78 is 83.7. The van der Waals surface area contributed by atoms with E-state index in [2.05, 4.69) is 16.6 Å². The van der Waals surface area contributed by atoms with Crippen LogP contribution in [0.4, 0.5) is 23.4 Å². The third-order valence-corrected chi connectivity index (χ3v) is 9.02. The van der Waals surface area contributed by atoms with E-state index in [-0.39, 0.29) is 29.3 Å². The predicted octanol–water partition coefficient (Wildman–Crippen LogP) is 5.28. The van der Waals surface area contributed by atoms with E-state index >= 15 is 0 Å². The third kappa shape index (κ3) is 6.30. The summed E-state index contributed by atoms with van der Waals surface area (Å²) in [4.78, 5) is 29.0. The second-order valence-corrected chi connectivity index (χ2v) is 12.6. The molecule has 0 fully saturated rings. The van der Waals surface area contributed by atoms with Crippen molar-refractivity contribution < 1.29 is 35.6 Å². The van der Waals surface area contributed by atoms with Crippen LogP contribution in [0.2, 0.25) is 0 Å². The maximum absolute atomic E-state index is 14.3. The predicted molar refractivity (Wildman–Crippen MR) is 163 cm³/mol. The number of sulfonamides is 1. The maximum atomic E-state index is 14.3. The number of benzene rings is 3. The van der Waals surface area contributed by atoms with Gasteiger partial charge in [-0.1, -0.05) is 43.0 Å². The minimum absolute atomic E-state index is 0.0906. The summed E-state index contributed by atoms with van der Waals surface area (Å²) in [6, 6.07) is 16.3. The van der Waals surface area contributed by atoms with E-state index in [9.17, 15) is 35.6 Å². The van der Waals surface area contributed by atoms with Crippen molar-refractivity contribution in [2.24, 2.45) is 0 Å². The van der Waals surface area contributed by atoms with Crippen LogP contribution < -0.4 is 14.9 Å². The van der Waals surface area contributed by atoms with Crippen LogP contribution >= 0.6 is 0 Å². The number of fused-ring (bicyclic) bond motifs is 1. The Morgan fingerprint density at radius 2 is 1.70 bits per heavy atom. The fourth-order valence-electron chi connectivity index (χ4n) is 5.33. The maximum Gasteiger partial charge on any atom is 0.416 e. The highest BCUT2D eigenvalue weighted by atomic mass is 32.2. The average molecular weight is 656 g/mol. The number of carbonyl (C=O) groups excluding carboxylic acids is 2. The quantitative estimate of drug-likeness (QED) is 0.238. The van der Waals surface area contributed by atoms with Gasteiger partial charge in [0.15, 0.2) is 0 Å². The Morgan fingerprint density at radius 1 is 1.02 bits per heavy atom. The lowest BCUT2D eigenvalue weighted by atomic mass is 9.80. The molecule has 3 aromatic carbocycles. The number of likely N-dealkylation sites (N-methyl/N-ethyl adjacent to an activating group) is 1. The summed E-state index contributed by atoms with van der Waals surface area (Å²) in [6.45, 7) is 6.26. The van der Waals surface area contributed by atoms with Crippen molar-refractivity contribution in [3.8, 4) is 5.69 Å². The molecular formula is C32H29F4N5O4S. The van der Waals surface area contributed by atoms with Gasteiger partial charge in [0, 0.05) is 28.5 Å². The number of para-hydroxylation sites is 1. The van der Waals surface area contributed by atoms with Crippen LogP contribution in [0.5, 0.6) is 0 Å². The molecule has 1 aliphatic heterocycles. The molecule has 2 N–H and O–H groups in total. The van der Waals surface area contributed by atoms with Gasteiger partial charge in [-0.2, -0.15) is 18.3 Å². The highest BCUT2D eigenvalue weighted by Crippen LogP contribution is 2.44. The van der Waals surface area contributed by atoms with Crippen LogP contribution in [-0.4, -0.2) is 42.6 Å². The zero-order chi connectivity index (χ0) is 33.4. The zero-order valence-corrected chi connectivity index (χ0v) is 25.5. The molecule has 240 valence electrons. The van der Waals surface area contributed by atoms with E-state index in [0.29, 0.717) is 28.7 Å². The second-order valence-electron chi connectivity index (χ2n) is 10.6. The first-order valence-electron chi connectivity index (χ1n) is 14.1. The molecule has 0 aliphatic carbocycles. The van der Waals surface area contributed by atoms with Crippen LogP contribution in [0.25, 0.3) is 5.69 Å². The zero-order valence-electron chi connectivity index (χ0n) is 24.7. The first kappa shape index (κ1) is 32.6. The van der Waals surface area contributed by atoms with Gasteiger partial charge in [-0.3, -0.25) is 14.5 Å². The molecule has 0 unspecified atom stereocenters. The van der Waals surface area contributed by atoms with Gasteiger partial charge in [0.1, 0.15) is 17.7 Å². The monoisotopic (exact) mass is 655 g/mol. The van der Waals surface area contributed by atoms with Crippen LogP contribution in [0.1, 0.15) is 52.5 Å². The number of amides is 2. The number of hydrogen-bond acceptors (Lipinski definition) is 5. The number of allylic oxidation sites excluding steroid dienone is 1. The molecule has 0 saturated heterocycles. The van der Waals surface area contributed by atoms with Crippen LogP contribution in [-0.2, 0) is 27.5 Å². The fourth-order valence-corrected chi connectivity index (χ4v) is 5.91. The number of alkyl halides is 3. The molecule has 46 heavy (non-hydrogen) atoms. The standard InChI is InChI=1S/C32H29F4N5O4S/c1-4-40-30-27(25(18-37-46(44,45)19(2)3)39-41(30)24-11-6-5-7-12-24)26(20-13-15-23(33)16-14-20)28(31(40)43)38-29(42)21-9-8-10-22(17-21)32(34,35)36/h5-17,26,28,37H,2,4,18H2,1,3H3,(H,38,42)/t26-,28-/m0/s1. The molecule has 2 amide bonds. The Hall–Kier alpha value is -4.82. The lowest BCUT2D eigenvalue weighted by Gasteiger charge is -2.38. The largest absolute Gasteiger partial charge is 0.416 e. The first-order chi connectivity index (χ1) is 21.7. The molecule has 0 saturated carbocycles. The fraction of sp³-hybridized carbons (Fsp3) is 0.219. The number of hydrogen-bond donors (Lipinski definition) is 2. The number of anilines is 1. The minimum Gasteiger partial charge on any atom is -0.339 e. The van der Waals surface area contributed by atoms with Crippen molar-refractivity contribution >= 4 is 27.7 Å². The number of nitrogens with zero attached hydrogens (tertiary/aromatic N) is 3. The van der Waals surface area contributed by atoms with Gasteiger partial charge in [-0.05, 0) is 61.9 Å². The molecule has 4 aromatic rings. The Labute approximate surface area is 262 Å². The minimum atomic E-state index is -4.71. The Morgan fingerprint density at radius 3 is 2.30 bits per heavy atom. The van der Waals surface area contributed by atoms with Gasteiger partial charge in [0.05, 0.1) is 23.5 Å².